The molecule has 0 radical (unpaired) electrons. The highest BCUT2D eigenvalue weighted by Gasteiger charge is 2.18. The molecule has 2 rings (SSSR count). The van der Waals surface area contributed by atoms with Crippen LogP contribution in [-0.4, -0.2) is 6.16 Å². The van der Waals surface area contributed by atoms with E-state index in [1.807, 2.05) is 0 Å². The number of rotatable bonds is 7. The Labute approximate surface area is 144 Å². The summed E-state index contributed by atoms with van der Waals surface area (Å²) in [5.74, 6) is 1.63. The molecule has 0 nitrogen and oxygen atoms in total. The van der Waals surface area contributed by atoms with Gasteiger partial charge in [-0.2, -0.15) is 0 Å². The Morgan fingerprint density at radius 2 is 1.22 bits per heavy atom. The smallest absolute Gasteiger partial charge is 0.0195 e. The average molecular weight is 326 g/mol. The fourth-order valence-corrected chi connectivity index (χ4v) is 5.58. The van der Waals surface area contributed by atoms with Gasteiger partial charge in [0.15, 0.2) is 0 Å². The van der Waals surface area contributed by atoms with Gasteiger partial charge in [-0.25, -0.2) is 0 Å². The molecule has 1 unspecified atom stereocenters. The Bertz CT molecular complexity index is 535. The molecule has 0 bridgehead atoms. The zero-order valence-corrected chi connectivity index (χ0v) is 16.2. The third kappa shape index (κ3) is 5.18. The number of hydrogen-bond acceptors (Lipinski definition) is 0. The molecule has 1 heteroatoms. The van der Waals surface area contributed by atoms with Crippen molar-refractivity contribution in [3.8, 4) is 0 Å². The predicted octanol–water partition coefficient (Wildman–Crippen LogP) is 5.81. The van der Waals surface area contributed by atoms with Crippen LogP contribution in [0.15, 0.2) is 48.5 Å². The maximum absolute atomic E-state index is 2.37. The first kappa shape index (κ1) is 18.2. The molecule has 0 heterocycles. The second-order valence-corrected chi connectivity index (χ2v) is 9.36. The van der Waals surface area contributed by atoms with E-state index in [0.29, 0.717) is 0 Å². The monoisotopic (exact) mass is 326 g/mol. The van der Waals surface area contributed by atoms with Crippen LogP contribution in [0.1, 0.15) is 44.7 Å². The molecular formula is C22H31P. The van der Waals surface area contributed by atoms with Crippen molar-refractivity contribution in [2.75, 3.05) is 6.16 Å². The van der Waals surface area contributed by atoms with Crippen LogP contribution in [0.3, 0.4) is 0 Å². The second-order valence-electron chi connectivity index (χ2n) is 7.02. The Kier molecular flexibility index (Phi) is 6.85. The molecule has 0 fully saturated rings. The molecule has 0 amide bonds. The van der Waals surface area contributed by atoms with E-state index in [2.05, 4.69) is 83.1 Å². The van der Waals surface area contributed by atoms with Crippen LogP contribution >= 0.6 is 7.92 Å². The van der Waals surface area contributed by atoms with E-state index in [9.17, 15) is 0 Å². The van der Waals surface area contributed by atoms with Crippen LogP contribution in [0.5, 0.6) is 0 Å². The Morgan fingerprint density at radius 3 is 1.57 bits per heavy atom. The summed E-state index contributed by atoms with van der Waals surface area (Å²) in [6.45, 7) is 11.4. The predicted molar refractivity (Wildman–Crippen MR) is 107 cm³/mol. The summed E-state index contributed by atoms with van der Waals surface area (Å²) in [6, 6.07) is 18.4. The quantitative estimate of drug-likeness (QED) is 0.563. The molecule has 2 aromatic carbocycles. The first-order valence-electron chi connectivity index (χ1n) is 8.92. The minimum atomic E-state index is -0.239. The largest absolute Gasteiger partial charge is 0.0651 e. The highest BCUT2D eigenvalue weighted by atomic mass is 31.1. The van der Waals surface area contributed by atoms with Gasteiger partial charge in [-0.05, 0) is 56.8 Å². The van der Waals surface area contributed by atoms with Gasteiger partial charge in [0.05, 0.1) is 0 Å². The van der Waals surface area contributed by atoms with E-state index in [4.69, 9.17) is 0 Å². The van der Waals surface area contributed by atoms with Gasteiger partial charge in [0.1, 0.15) is 0 Å². The molecule has 1 atom stereocenters. The second kappa shape index (κ2) is 8.65. The molecule has 0 aromatic heterocycles. The van der Waals surface area contributed by atoms with Gasteiger partial charge in [-0.1, -0.05) is 86.8 Å². The van der Waals surface area contributed by atoms with Gasteiger partial charge in [0.2, 0.25) is 0 Å². The maximum atomic E-state index is 2.37. The fourth-order valence-electron chi connectivity index (χ4n) is 3.16. The summed E-state index contributed by atoms with van der Waals surface area (Å²) in [7, 11) is -0.239. The molecule has 0 aliphatic carbocycles. The summed E-state index contributed by atoms with van der Waals surface area (Å²) in [5.41, 5.74) is 2.70. The summed E-state index contributed by atoms with van der Waals surface area (Å²) < 4.78 is 0. The maximum Gasteiger partial charge on any atom is -0.0195 e. The normalized spacial score (nSPS) is 12.8. The van der Waals surface area contributed by atoms with Crippen LogP contribution in [-0.2, 0) is 0 Å². The number of benzene rings is 2. The minimum Gasteiger partial charge on any atom is -0.0651 e. The van der Waals surface area contributed by atoms with Crippen LogP contribution in [0.4, 0.5) is 0 Å². The third-order valence-electron chi connectivity index (χ3n) is 4.88. The van der Waals surface area contributed by atoms with E-state index in [-0.39, 0.29) is 7.92 Å². The zero-order chi connectivity index (χ0) is 16.8. The van der Waals surface area contributed by atoms with Crippen LogP contribution < -0.4 is 10.6 Å². The van der Waals surface area contributed by atoms with Crippen molar-refractivity contribution in [3.63, 3.8) is 0 Å². The van der Waals surface area contributed by atoms with Crippen molar-refractivity contribution in [1.82, 2.24) is 0 Å². The topological polar surface area (TPSA) is 0 Å². The van der Waals surface area contributed by atoms with Gasteiger partial charge in [-0.15, -0.1) is 0 Å². The summed E-state index contributed by atoms with van der Waals surface area (Å²) >= 11 is 0. The standard InChI is InChI=1S/C22H31P/c1-6-20(17(2)3)15-16-23(21-11-7-18(4)8-12-21)22-13-9-19(5)10-14-22/h7-14,17,20H,6,15-16H2,1-5H3. The van der Waals surface area contributed by atoms with Gasteiger partial charge in [-0.3, -0.25) is 0 Å². The highest BCUT2D eigenvalue weighted by molar-refractivity contribution is 7.73. The molecule has 0 aliphatic rings. The molecule has 0 saturated heterocycles. The molecule has 23 heavy (non-hydrogen) atoms. The Morgan fingerprint density at radius 1 is 0.783 bits per heavy atom. The minimum absolute atomic E-state index is 0.239. The van der Waals surface area contributed by atoms with E-state index in [0.717, 1.165) is 11.8 Å². The van der Waals surface area contributed by atoms with Crippen LogP contribution in [0.2, 0.25) is 0 Å². The van der Waals surface area contributed by atoms with Gasteiger partial charge in [0.25, 0.3) is 0 Å². The van der Waals surface area contributed by atoms with Gasteiger partial charge >= 0.3 is 0 Å². The lowest BCUT2D eigenvalue weighted by atomic mass is 9.91. The molecule has 0 spiro atoms. The number of hydrogen-bond donors (Lipinski definition) is 0. The lowest BCUT2D eigenvalue weighted by Gasteiger charge is -2.24. The fraction of sp³-hybridized carbons (Fsp3) is 0.455. The highest BCUT2D eigenvalue weighted by Crippen LogP contribution is 2.37. The average Bonchev–Trinajstić information content (AvgIpc) is 2.54. The molecule has 0 saturated carbocycles. The van der Waals surface area contributed by atoms with E-state index < -0.39 is 0 Å². The van der Waals surface area contributed by atoms with Crippen molar-refractivity contribution in [2.45, 2.75) is 47.5 Å². The molecular weight excluding hydrogens is 295 g/mol. The lowest BCUT2D eigenvalue weighted by molar-refractivity contribution is 0.364. The lowest BCUT2D eigenvalue weighted by Crippen LogP contribution is -2.17. The van der Waals surface area contributed by atoms with Crippen molar-refractivity contribution in [2.24, 2.45) is 11.8 Å². The van der Waals surface area contributed by atoms with Crippen molar-refractivity contribution < 1.29 is 0 Å². The SMILES string of the molecule is CCC(CCP(c1ccc(C)cc1)c1ccc(C)cc1)C(C)C. The van der Waals surface area contributed by atoms with Crippen LogP contribution in [0, 0.1) is 25.7 Å². The first-order valence-corrected chi connectivity index (χ1v) is 10.4. The molecule has 0 aliphatic heterocycles. The van der Waals surface area contributed by atoms with Crippen LogP contribution in [0.25, 0.3) is 0 Å². The molecule has 0 N–H and O–H groups in total. The van der Waals surface area contributed by atoms with E-state index in [1.54, 1.807) is 0 Å². The molecule has 124 valence electrons. The van der Waals surface area contributed by atoms with E-state index >= 15 is 0 Å². The zero-order valence-electron chi connectivity index (χ0n) is 15.3. The van der Waals surface area contributed by atoms with Crippen molar-refractivity contribution >= 4 is 18.5 Å². The number of aryl methyl sites for hydroxylation is 2. The van der Waals surface area contributed by atoms with E-state index in [1.165, 1.54) is 40.7 Å². The Balaban J connectivity index is 2.24. The van der Waals surface area contributed by atoms with Crippen molar-refractivity contribution in [1.29, 1.82) is 0 Å². The van der Waals surface area contributed by atoms with Gasteiger partial charge < -0.3 is 0 Å². The summed E-state index contributed by atoms with van der Waals surface area (Å²) in [4.78, 5) is 0. The molecule has 2 aromatic rings. The summed E-state index contributed by atoms with van der Waals surface area (Å²) in [5, 5.41) is 3.04. The first-order chi connectivity index (χ1) is 11.0. The van der Waals surface area contributed by atoms with Crippen molar-refractivity contribution in [3.05, 3.63) is 59.7 Å². The summed E-state index contributed by atoms with van der Waals surface area (Å²) in [6.07, 6.45) is 3.93. The van der Waals surface area contributed by atoms with Gasteiger partial charge in [0, 0.05) is 0 Å². The Hall–Kier alpha value is -1.13. The third-order valence-corrected chi connectivity index (χ3v) is 7.43.